The molecule has 0 aliphatic heterocycles. The second kappa shape index (κ2) is 7.09. The van der Waals surface area contributed by atoms with E-state index in [2.05, 4.69) is 41.8 Å². The van der Waals surface area contributed by atoms with Gasteiger partial charge in [0.05, 0.1) is 12.7 Å². The highest BCUT2D eigenvalue weighted by Crippen LogP contribution is 2.22. The van der Waals surface area contributed by atoms with Crippen molar-refractivity contribution in [3.05, 3.63) is 35.0 Å². The number of halogens is 1. The van der Waals surface area contributed by atoms with Gasteiger partial charge in [0.1, 0.15) is 17.0 Å². The van der Waals surface area contributed by atoms with Crippen molar-refractivity contribution in [3.63, 3.8) is 0 Å². The molecular formula is C14H18INOS. The van der Waals surface area contributed by atoms with Crippen LogP contribution in [0.25, 0.3) is 16.3 Å². The van der Waals surface area contributed by atoms with Gasteiger partial charge in [-0.25, -0.2) is 0 Å². The Morgan fingerprint density at radius 3 is 2.72 bits per heavy atom. The van der Waals surface area contributed by atoms with Gasteiger partial charge in [0.25, 0.3) is 5.01 Å². The molecule has 2 rings (SSSR count). The maximum absolute atomic E-state index is 5.50. The summed E-state index contributed by atoms with van der Waals surface area (Å²) in [6.45, 7) is 7.89. The van der Waals surface area contributed by atoms with E-state index in [-0.39, 0.29) is 24.0 Å². The Kier molecular flexibility index (Phi) is 6.08. The van der Waals surface area contributed by atoms with Crippen LogP contribution in [0.4, 0.5) is 0 Å². The molecule has 0 N–H and O–H groups in total. The molecule has 0 radical (unpaired) electrons. The first-order chi connectivity index (χ1) is 8.26. The average molecular weight is 375 g/mol. The van der Waals surface area contributed by atoms with Gasteiger partial charge >= 0.3 is 0 Å². The first-order valence-corrected chi connectivity index (χ1v) is 6.80. The fraction of sp³-hybridized carbons (Fsp3) is 0.357. The minimum Gasteiger partial charge on any atom is -1.00 e. The molecule has 0 spiro atoms. The molecule has 0 amide bonds. The van der Waals surface area contributed by atoms with Gasteiger partial charge < -0.3 is 28.7 Å². The van der Waals surface area contributed by atoms with Crippen molar-refractivity contribution in [2.75, 3.05) is 6.61 Å². The van der Waals surface area contributed by atoms with Gasteiger partial charge in [-0.15, -0.1) is 0 Å². The number of allylic oxidation sites excluding steroid dienone is 1. The van der Waals surface area contributed by atoms with Gasteiger partial charge in [0.15, 0.2) is 0 Å². The maximum Gasteiger partial charge on any atom is 0.266 e. The summed E-state index contributed by atoms with van der Waals surface area (Å²) in [6, 6.07) is 8.51. The highest BCUT2D eigenvalue weighted by molar-refractivity contribution is 7.18. The lowest BCUT2D eigenvalue weighted by Crippen LogP contribution is -3.00. The lowest BCUT2D eigenvalue weighted by Gasteiger charge is -1.99. The van der Waals surface area contributed by atoms with E-state index in [1.54, 1.807) is 0 Å². The summed E-state index contributed by atoms with van der Waals surface area (Å²) in [7, 11) is 0. The van der Waals surface area contributed by atoms with Crippen LogP contribution in [0.15, 0.2) is 30.0 Å². The topological polar surface area (TPSA) is 13.1 Å². The largest absolute Gasteiger partial charge is 1.00 e. The van der Waals surface area contributed by atoms with Crippen LogP contribution < -0.4 is 28.5 Å². The second-order valence-electron chi connectivity index (χ2n) is 3.84. The molecule has 0 saturated heterocycles. The molecule has 0 atom stereocenters. The number of nitrogens with zero attached hydrogens (tertiary/aromatic N) is 1. The fourth-order valence-corrected chi connectivity index (χ4v) is 3.15. The zero-order valence-corrected chi connectivity index (χ0v) is 13.9. The molecule has 2 nitrogen and oxygen atoms in total. The molecular weight excluding hydrogens is 357 g/mol. The number of hydrogen-bond donors (Lipinski definition) is 0. The third-order valence-corrected chi connectivity index (χ3v) is 3.76. The van der Waals surface area contributed by atoms with Crippen molar-refractivity contribution in [1.82, 2.24) is 0 Å². The number of benzene rings is 1. The van der Waals surface area contributed by atoms with E-state index in [0.717, 1.165) is 18.9 Å². The number of aromatic nitrogens is 1. The number of hydrogen-bond acceptors (Lipinski definition) is 2. The number of rotatable bonds is 4. The summed E-state index contributed by atoms with van der Waals surface area (Å²) in [5, 5.41) is 1.25. The monoisotopic (exact) mass is 375 g/mol. The summed E-state index contributed by atoms with van der Waals surface area (Å²) < 4.78 is 9.14. The Bertz CT molecular complexity index is 548. The quantitative estimate of drug-likeness (QED) is 0.434. The summed E-state index contributed by atoms with van der Waals surface area (Å²) >= 11 is 1.81. The summed E-state index contributed by atoms with van der Waals surface area (Å²) in [4.78, 5) is 0. The highest BCUT2D eigenvalue weighted by atomic mass is 127. The van der Waals surface area contributed by atoms with Crippen LogP contribution in [0, 0.1) is 0 Å². The molecule has 0 saturated carbocycles. The Balaban J connectivity index is 0.00000162. The molecule has 4 heteroatoms. The van der Waals surface area contributed by atoms with Crippen LogP contribution in [0.5, 0.6) is 0 Å². The van der Waals surface area contributed by atoms with Crippen molar-refractivity contribution < 1.29 is 33.3 Å². The standard InChI is InChI=1S/C14H18NOS.HI/c1-4-15-12-8-6-7-9-13(12)17-14(15)10-11(3)16-5-2;/h6-10H,4-5H2,1-3H3;1H/q+1;/p-1. The fourth-order valence-electron chi connectivity index (χ4n) is 1.93. The first kappa shape index (κ1) is 15.4. The molecule has 2 aromatic rings. The second-order valence-corrected chi connectivity index (χ2v) is 4.90. The summed E-state index contributed by atoms with van der Waals surface area (Å²) in [6.07, 6.45) is 2.12. The average Bonchev–Trinajstić information content (AvgIpc) is 2.66. The van der Waals surface area contributed by atoms with Crippen molar-refractivity contribution >= 4 is 27.6 Å². The number of fused-ring (bicyclic) bond motifs is 1. The van der Waals surface area contributed by atoms with Crippen molar-refractivity contribution in [2.24, 2.45) is 0 Å². The first-order valence-electron chi connectivity index (χ1n) is 5.98. The Morgan fingerprint density at radius 1 is 1.33 bits per heavy atom. The molecule has 1 aromatic heterocycles. The van der Waals surface area contributed by atoms with Gasteiger partial charge in [0.2, 0.25) is 5.52 Å². The van der Waals surface area contributed by atoms with E-state index in [9.17, 15) is 0 Å². The predicted molar refractivity (Wildman–Crippen MR) is 73.0 cm³/mol. The minimum atomic E-state index is 0. The molecule has 0 bridgehead atoms. The maximum atomic E-state index is 5.50. The van der Waals surface area contributed by atoms with Crippen LogP contribution in [0.3, 0.4) is 0 Å². The molecule has 18 heavy (non-hydrogen) atoms. The zero-order chi connectivity index (χ0) is 12.3. The van der Waals surface area contributed by atoms with Gasteiger partial charge in [0, 0.05) is 6.07 Å². The highest BCUT2D eigenvalue weighted by Gasteiger charge is 2.16. The van der Waals surface area contributed by atoms with Crippen molar-refractivity contribution in [3.8, 4) is 0 Å². The van der Waals surface area contributed by atoms with Gasteiger partial charge in [-0.2, -0.15) is 4.57 Å². The van der Waals surface area contributed by atoms with Crippen molar-refractivity contribution in [1.29, 1.82) is 0 Å². The zero-order valence-electron chi connectivity index (χ0n) is 10.9. The van der Waals surface area contributed by atoms with Crippen LogP contribution in [0.2, 0.25) is 0 Å². The molecule has 0 fully saturated rings. The lowest BCUT2D eigenvalue weighted by atomic mass is 10.3. The normalized spacial score (nSPS) is 11.4. The molecule has 0 aliphatic rings. The molecule has 0 aliphatic carbocycles. The van der Waals surface area contributed by atoms with Gasteiger partial charge in [-0.05, 0) is 26.8 Å². The predicted octanol–water partition coefficient (Wildman–Crippen LogP) is 0.610. The number of para-hydroxylation sites is 1. The lowest BCUT2D eigenvalue weighted by molar-refractivity contribution is -0.665. The Labute approximate surface area is 129 Å². The third kappa shape index (κ3) is 3.23. The molecule has 0 unspecified atom stereocenters. The van der Waals surface area contributed by atoms with Crippen LogP contribution in [0.1, 0.15) is 25.8 Å². The van der Waals surface area contributed by atoms with E-state index in [0.29, 0.717) is 0 Å². The van der Waals surface area contributed by atoms with Crippen LogP contribution in [-0.4, -0.2) is 6.61 Å². The van der Waals surface area contributed by atoms with Crippen molar-refractivity contribution in [2.45, 2.75) is 27.3 Å². The molecule has 98 valence electrons. The minimum absolute atomic E-state index is 0. The van der Waals surface area contributed by atoms with Crippen LogP contribution in [-0.2, 0) is 11.3 Å². The Morgan fingerprint density at radius 2 is 2.06 bits per heavy atom. The number of thiazole rings is 1. The number of ether oxygens (including phenoxy) is 1. The summed E-state index contributed by atoms with van der Waals surface area (Å²) in [5.74, 6) is 0.973. The van der Waals surface area contributed by atoms with E-state index < -0.39 is 0 Å². The van der Waals surface area contributed by atoms with E-state index in [4.69, 9.17) is 4.74 Å². The Hall–Kier alpha value is -0.620. The van der Waals surface area contributed by atoms with E-state index in [1.807, 2.05) is 25.2 Å². The smallest absolute Gasteiger partial charge is 0.266 e. The van der Waals surface area contributed by atoms with Gasteiger partial charge in [-0.1, -0.05) is 23.5 Å². The third-order valence-electron chi connectivity index (χ3n) is 2.65. The van der Waals surface area contributed by atoms with E-state index >= 15 is 0 Å². The van der Waals surface area contributed by atoms with Crippen LogP contribution >= 0.6 is 11.3 Å². The summed E-state index contributed by atoms with van der Waals surface area (Å²) in [5.41, 5.74) is 1.30. The molecule has 1 heterocycles. The molecule has 1 aromatic carbocycles. The SMILES string of the molecule is CCOC(C)=Cc1sc2ccccc2[n+]1CC.[I-]. The van der Waals surface area contributed by atoms with E-state index in [1.165, 1.54) is 15.2 Å². The van der Waals surface area contributed by atoms with Gasteiger partial charge in [-0.3, -0.25) is 0 Å². The number of aryl methyl sites for hydroxylation is 1.